The first-order chi connectivity index (χ1) is 11.0. The normalized spacial score (nSPS) is 10.7. The van der Waals surface area contributed by atoms with Crippen LogP contribution in [-0.4, -0.2) is 25.6 Å². The standard InChI is InChI=1S/C14H10BrN5O3/c1-19-13(11(7-17-19)20(22)23)14(21)18-10-5-4-9(15)8-3-2-6-16-12(8)10/h2-7H,1H3,(H,18,21). The lowest BCUT2D eigenvalue weighted by Gasteiger charge is -2.09. The van der Waals surface area contributed by atoms with Crippen molar-refractivity contribution in [3.63, 3.8) is 0 Å². The van der Waals surface area contributed by atoms with E-state index in [0.717, 1.165) is 16.1 Å². The molecule has 9 heteroatoms. The van der Waals surface area contributed by atoms with Crippen molar-refractivity contribution in [1.29, 1.82) is 0 Å². The van der Waals surface area contributed by atoms with Crippen LogP contribution in [0.4, 0.5) is 11.4 Å². The van der Waals surface area contributed by atoms with Crippen LogP contribution in [0.1, 0.15) is 10.5 Å². The van der Waals surface area contributed by atoms with Gasteiger partial charge in [-0.2, -0.15) is 5.10 Å². The van der Waals surface area contributed by atoms with E-state index < -0.39 is 10.8 Å². The van der Waals surface area contributed by atoms with Crippen molar-refractivity contribution in [1.82, 2.24) is 14.8 Å². The van der Waals surface area contributed by atoms with Gasteiger partial charge in [0.2, 0.25) is 5.69 Å². The zero-order chi connectivity index (χ0) is 16.6. The molecule has 2 heterocycles. The fraction of sp³-hybridized carbons (Fsp3) is 0.0714. The number of halogens is 1. The fourth-order valence-electron chi connectivity index (χ4n) is 2.24. The topological polar surface area (TPSA) is 103 Å². The van der Waals surface area contributed by atoms with Gasteiger partial charge in [-0.05, 0) is 18.2 Å². The Balaban J connectivity index is 2.04. The summed E-state index contributed by atoms with van der Waals surface area (Å²) in [5.74, 6) is -0.619. The van der Waals surface area contributed by atoms with Crippen molar-refractivity contribution in [2.75, 3.05) is 5.32 Å². The number of nitro groups is 1. The number of rotatable bonds is 3. The molecule has 116 valence electrons. The van der Waals surface area contributed by atoms with Gasteiger partial charge in [0, 0.05) is 23.1 Å². The van der Waals surface area contributed by atoms with Crippen LogP contribution in [0.2, 0.25) is 0 Å². The third-order valence-corrected chi connectivity index (χ3v) is 3.99. The minimum absolute atomic E-state index is 0.123. The van der Waals surface area contributed by atoms with Crippen molar-refractivity contribution in [3.8, 4) is 0 Å². The molecule has 3 rings (SSSR count). The molecule has 0 saturated carbocycles. The maximum absolute atomic E-state index is 12.4. The third kappa shape index (κ3) is 2.66. The number of carbonyl (C=O) groups excluding carboxylic acids is 1. The molecular formula is C14H10BrN5O3. The molecule has 1 amide bonds. The average molecular weight is 376 g/mol. The van der Waals surface area contributed by atoms with Crippen LogP contribution in [0.25, 0.3) is 10.9 Å². The highest BCUT2D eigenvalue weighted by atomic mass is 79.9. The monoisotopic (exact) mass is 375 g/mol. The number of carbonyl (C=O) groups is 1. The minimum Gasteiger partial charge on any atom is -0.318 e. The average Bonchev–Trinajstić information content (AvgIpc) is 2.92. The van der Waals surface area contributed by atoms with Gasteiger partial charge < -0.3 is 5.32 Å². The smallest absolute Gasteiger partial charge is 0.318 e. The number of anilines is 1. The molecule has 0 aliphatic heterocycles. The SMILES string of the molecule is Cn1ncc([N+](=O)[O-])c1C(=O)Nc1ccc(Br)c2cccnc12. The second-order valence-corrected chi connectivity index (χ2v) is 5.56. The lowest BCUT2D eigenvalue weighted by molar-refractivity contribution is -0.385. The molecule has 2 aromatic heterocycles. The second-order valence-electron chi connectivity index (χ2n) is 4.71. The first-order valence-electron chi connectivity index (χ1n) is 6.50. The lowest BCUT2D eigenvalue weighted by Crippen LogP contribution is -2.18. The van der Waals surface area contributed by atoms with Crippen LogP contribution >= 0.6 is 15.9 Å². The van der Waals surface area contributed by atoms with E-state index in [1.165, 1.54) is 11.7 Å². The molecule has 0 radical (unpaired) electrons. The molecule has 0 fully saturated rings. The first-order valence-corrected chi connectivity index (χ1v) is 7.29. The number of hydrogen-bond donors (Lipinski definition) is 1. The molecule has 0 aliphatic carbocycles. The summed E-state index contributed by atoms with van der Waals surface area (Å²) in [6.07, 6.45) is 2.66. The van der Waals surface area contributed by atoms with Gasteiger partial charge in [0.25, 0.3) is 5.91 Å². The zero-order valence-electron chi connectivity index (χ0n) is 11.9. The van der Waals surface area contributed by atoms with Crippen LogP contribution in [0.5, 0.6) is 0 Å². The quantitative estimate of drug-likeness (QED) is 0.559. The van der Waals surface area contributed by atoms with Crippen LogP contribution in [-0.2, 0) is 7.05 Å². The van der Waals surface area contributed by atoms with Gasteiger partial charge in [0.05, 0.1) is 16.1 Å². The molecule has 23 heavy (non-hydrogen) atoms. The summed E-state index contributed by atoms with van der Waals surface area (Å²) in [5, 5.41) is 18.3. The summed E-state index contributed by atoms with van der Waals surface area (Å²) in [6.45, 7) is 0. The van der Waals surface area contributed by atoms with Gasteiger partial charge in [-0.25, -0.2) is 0 Å². The molecule has 0 saturated heterocycles. The van der Waals surface area contributed by atoms with Crippen molar-refractivity contribution >= 4 is 44.1 Å². The van der Waals surface area contributed by atoms with E-state index >= 15 is 0 Å². The highest BCUT2D eigenvalue weighted by Gasteiger charge is 2.26. The number of nitrogens with zero attached hydrogens (tertiary/aromatic N) is 4. The number of hydrogen-bond acceptors (Lipinski definition) is 5. The molecule has 0 bridgehead atoms. The number of benzene rings is 1. The maximum Gasteiger partial charge on any atom is 0.320 e. The van der Waals surface area contributed by atoms with E-state index in [1.807, 2.05) is 6.07 Å². The summed E-state index contributed by atoms with van der Waals surface area (Å²) in [4.78, 5) is 27.1. The first kappa shape index (κ1) is 15.1. The number of fused-ring (bicyclic) bond motifs is 1. The Bertz CT molecular complexity index is 937. The molecular weight excluding hydrogens is 366 g/mol. The molecule has 0 aliphatic rings. The highest BCUT2D eigenvalue weighted by Crippen LogP contribution is 2.29. The van der Waals surface area contributed by atoms with Crippen LogP contribution in [0, 0.1) is 10.1 Å². The molecule has 0 atom stereocenters. The molecule has 0 spiro atoms. The Morgan fingerprint density at radius 2 is 2.17 bits per heavy atom. The van der Waals surface area contributed by atoms with Gasteiger partial charge in [-0.3, -0.25) is 24.6 Å². The van der Waals surface area contributed by atoms with Crippen LogP contribution in [0.15, 0.2) is 41.1 Å². The van der Waals surface area contributed by atoms with E-state index in [0.29, 0.717) is 11.2 Å². The van der Waals surface area contributed by atoms with E-state index in [4.69, 9.17) is 0 Å². The Labute approximate surface area is 138 Å². The van der Waals surface area contributed by atoms with Gasteiger partial charge in [0.1, 0.15) is 6.20 Å². The largest absolute Gasteiger partial charge is 0.320 e. The zero-order valence-corrected chi connectivity index (χ0v) is 13.4. The van der Waals surface area contributed by atoms with Crippen molar-refractivity contribution in [2.24, 2.45) is 7.05 Å². The molecule has 8 nitrogen and oxygen atoms in total. The number of pyridine rings is 1. The summed E-state index contributed by atoms with van der Waals surface area (Å²) < 4.78 is 2.01. The maximum atomic E-state index is 12.4. The van der Waals surface area contributed by atoms with Gasteiger partial charge >= 0.3 is 5.69 Å². The summed E-state index contributed by atoms with van der Waals surface area (Å²) in [7, 11) is 1.47. The molecule has 1 aromatic carbocycles. The number of nitrogens with one attached hydrogen (secondary N) is 1. The lowest BCUT2D eigenvalue weighted by atomic mass is 10.2. The van der Waals surface area contributed by atoms with Crippen molar-refractivity contribution < 1.29 is 9.72 Å². The minimum atomic E-state index is -0.639. The predicted molar refractivity (Wildman–Crippen MR) is 87.3 cm³/mol. The van der Waals surface area contributed by atoms with E-state index in [9.17, 15) is 14.9 Å². The Morgan fingerprint density at radius 1 is 1.39 bits per heavy atom. The highest BCUT2D eigenvalue weighted by molar-refractivity contribution is 9.10. The molecule has 1 N–H and O–H groups in total. The van der Waals surface area contributed by atoms with Crippen LogP contribution < -0.4 is 5.32 Å². The van der Waals surface area contributed by atoms with Crippen molar-refractivity contribution in [2.45, 2.75) is 0 Å². The summed E-state index contributed by atoms with van der Waals surface area (Å²) >= 11 is 3.42. The van der Waals surface area contributed by atoms with Crippen LogP contribution in [0.3, 0.4) is 0 Å². The molecule has 0 unspecified atom stereocenters. The van der Waals surface area contributed by atoms with E-state index in [1.54, 1.807) is 24.4 Å². The molecule has 3 aromatic rings. The fourth-order valence-corrected chi connectivity index (χ4v) is 2.70. The second kappa shape index (κ2) is 5.76. The summed E-state index contributed by atoms with van der Waals surface area (Å²) in [5.41, 5.74) is 0.575. The van der Waals surface area contributed by atoms with Gasteiger partial charge in [-0.15, -0.1) is 0 Å². The van der Waals surface area contributed by atoms with E-state index in [-0.39, 0.29) is 11.4 Å². The van der Waals surface area contributed by atoms with Crippen molar-refractivity contribution in [3.05, 3.63) is 56.9 Å². The number of amides is 1. The Morgan fingerprint density at radius 3 is 2.91 bits per heavy atom. The predicted octanol–water partition coefficient (Wildman–Crippen LogP) is 2.89. The van der Waals surface area contributed by atoms with E-state index in [2.05, 4.69) is 31.3 Å². The Kier molecular flexibility index (Phi) is 3.78. The third-order valence-electron chi connectivity index (χ3n) is 3.30. The summed E-state index contributed by atoms with van der Waals surface area (Å²) in [6, 6.07) is 7.09. The van der Waals surface area contributed by atoms with Gasteiger partial charge in [-0.1, -0.05) is 22.0 Å². The number of aromatic nitrogens is 3. The number of aryl methyl sites for hydroxylation is 1. The Hall–Kier alpha value is -2.81. The van der Waals surface area contributed by atoms with Gasteiger partial charge in [0.15, 0.2) is 0 Å².